The summed E-state index contributed by atoms with van der Waals surface area (Å²) in [6.07, 6.45) is -0.356. The van der Waals surface area contributed by atoms with E-state index in [1.807, 2.05) is 14.1 Å². The number of hydrogen-bond acceptors (Lipinski definition) is 6. The second kappa shape index (κ2) is 10.4. The van der Waals surface area contributed by atoms with Crippen molar-refractivity contribution in [2.24, 2.45) is 11.5 Å². The average molecular weight is 289 g/mol. The Hall–Kier alpha value is -1.44. The minimum absolute atomic E-state index is 0.00477. The van der Waals surface area contributed by atoms with Gasteiger partial charge in [-0.15, -0.1) is 0 Å². The number of ether oxygens (including phenoxy) is 2. The Balaban J connectivity index is 0. The number of hydrogen-bond donors (Lipinski definition) is 3. The lowest BCUT2D eigenvalue weighted by Crippen LogP contribution is -2.57. The molecule has 0 aromatic heterocycles. The molecule has 0 bridgehead atoms. The highest BCUT2D eigenvalue weighted by atomic mass is 16.6. The van der Waals surface area contributed by atoms with Crippen LogP contribution in [0.4, 0.5) is 0 Å². The molecule has 0 saturated heterocycles. The molecule has 118 valence electrons. The van der Waals surface area contributed by atoms with Crippen LogP contribution in [0.5, 0.6) is 0 Å². The molecular formula is C13H27N3O4. The van der Waals surface area contributed by atoms with Gasteiger partial charge < -0.3 is 20.5 Å². The largest absolute Gasteiger partial charge is 0.431 e. The third kappa shape index (κ3) is 8.63. The normalized spacial score (nSPS) is 14.3. The molecule has 2 atom stereocenters. The van der Waals surface area contributed by atoms with Gasteiger partial charge in [0.15, 0.2) is 0 Å². The van der Waals surface area contributed by atoms with Crippen molar-refractivity contribution in [3.8, 4) is 0 Å². The summed E-state index contributed by atoms with van der Waals surface area (Å²) in [6, 6.07) is 0. The lowest BCUT2D eigenvalue weighted by atomic mass is 10.1. The van der Waals surface area contributed by atoms with E-state index in [4.69, 9.17) is 20.9 Å². The average Bonchev–Trinajstić information content (AvgIpc) is 2.29. The molecule has 2 unspecified atom stereocenters. The van der Waals surface area contributed by atoms with E-state index >= 15 is 0 Å². The third-order valence-electron chi connectivity index (χ3n) is 2.08. The van der Waals surface area contributed by atoms with E-state index in [1.165, 1.54) is 6.92 Å². The first kappa shape index (κ1) is 20.9. The summed E-state index contributed by atoms with van der Waals surface area (Å²) in [6.45, 7) is 8.83. The van der Waals surface area contributed by atoms with E-state index in [-0.39, 0.29) is 18.1 Å². The molecule has 0 aliphatic carbocycles. The molecule has 0 rings (SSSR count). The number of carbonyl (C=O) groups is 2. The van der Waals surface area contributed by atoms with Gasteiger partial charge in [0.05, 0.1) is 6.10 Å². The van der Waals surface area contributed by atoms with Gasteiger partial charge in [0.1, 0.15) is 0 Å². The van der Waals surface area contributed by atoms with E-state index in [2.05, 4.69) is 11.9 Å². The zero-order valence-corrected chi connectivity index (χ0v) is 13.0. The first-order chi connectivity index (χ1) is 9.14. The zero-order chi connectivity index (χ0) is 16.3. The highest BCUT2D eigenvalue weighted by Crippen LogP contribution is 2.15. The second-order valence-corrected chi connectivity index (χ2v) is 4.39. The van der Waals surface area contributed by atoms with Crippen molar-refractivity contribution in [1.82, 2.24) is 5.32 Å². The highest BCUT2D eigenvalue weighted by molar-refractivity contribution is 5.91. The van der Waals surface area contributed by atoms with Gasteiger partial charge in [0, 0.05) is 18.6 Å². The molecule has 5 N–H and O–H groups in total. The summed E-state index contributed by atoms with van der Waals surface area (Å²) in [5.41, 5.74) is 9.08. The molecule has 0 fully saturated rings. The quantitative estimate of drug-likeness (QED) is 0.342. The van der Waals surface area contributed by atoms with Crippen molar-refractivity contribution < 1.29 is 19.1 Å². The molecule has 0 saturated carbocycles. The lowest BCUT2D eigenvalue weighted by molar-refractivity contribution is -0.167. The molecule has 0 radical (unpaired) electrons. The fourth-order valence-corrected chi connectivity index (χ4v) is 1.22. The fraction of sp³-hybridized carbons (Fsp3) is 0.692. The number of esters is 1. The lowest BCUT2D eigenvalue weighted by Gasteiger charge is -2.28. The van der Waals surface area contributed by atoms with Crippen molar-refractivity contribution in [2.45, 2.75) is 39.0 Å². The Bertz CT molecular complexity index is 334. The molecule has 7 nitrogen and oxygen atoms in total. The van der Waals surface area contributed by atoms with Gasteiger partial charge in [-0.3, -0.25) is 10.5 Å². The van der Waals surface area contributed by atoms with Gasteiger partial charge in [-0.2, -0.15) is 0 Å². The third-order valence-corrected chi connectivity index (χ3v) is 2.08. The minimum atomic E-state index is -1.87. The van der Waals surface area contributed by atoms with Crippen LogP contribution in [0.15, 0.2) is 12.2 Å². The van der Waals surface area contributed by atoms with Crippen LogP contribution in [0.2, 0.25) is 0 Å². The van der Waals surface area contributed by atoms with E-state index in [1.54, 1.807) is 13.8 Å². The molecule has 1 amide bonds. The zero-order valence-electron chi connectivity index (χ0n) is 13.0. The maximum absolute atomic E-state index is 11.4. The van der Waals surface area contributed by atoms with E-state index < -0.39 is 17.6 Å². The SMILES string of the molecule is C=C(C)C(=O)OC(N)(CC(C)OCC)C(N)=O.CNC. The Labute approximate surface area is 120 Å². The van der Waals surface area contributed by atoms with Gasteiger partial charge in [0.25, 0.3) is 5.91 Å². The van der Waals surface area contributed by atoms with Gasteiger partial charge in [0.2, 0.25) is 5.72 Å². The molecule has 0 spiro atoms. The van der Waals surface area contributed by atoms with Crippen molar-refractivity contribution in [3.05, 3.63) is 12.2 Å². The summed E-state index contributed by atoms with van der Waals surface area (Å²) >= 11 is 0. The smallest absolute Gasteiger partial charge is 0.335 e. The van der Waals surface area contributed by atoms with Crippen LogP contribution in [0.25, 0.3) is 0 Å². The predicted molar refractivity (Wildman–Crippen MR) is 77.7 cm³/mol. The number of primary amides is 1. The van der Waals surface area contributed by atoms with E-state index in [0.717, 1.165) is 0 Å². The van der Waals surface area contributed by atoms with Crippen molar-refractivity contribution in [3.63, 3.8) is 0 Å². The van der Waals surface area contributed by atoms with Gasteiger partial charge in [-0.25, -0.2) is 4.79 Å². The van der Waals surface area contributed by atoms with Crippen LogP contribution >= 0.6 is 0 Å². The molecule has 0 aromatic rings. The van der Waals surface area contributed by atoms with Crippen LogP contribution in [0.1, 0.15) is 27.2 Å². The standard InChI is InChI=1S/C11H20N2O4.C2H7N/c1-5-16-8(4)6-11(13,10(12)15)17-9(14)7(2)3;1-3-2/h8H,2,5-6,13H2,1,3-4H3,(H2,12,15);3H,1-2H3. The van der Waals surface area contributed by atoms with E-state index in [9.17, 15) is 9.59 Å². The van der Waals surface area contributed by atoms with Crippen LogP contribution in [-0.4, -0.2) is 44.4 Å². The molecule has 7 heteroatoms. The number of carbonyl (C=O) groups excluding carboxylic acids is 2. The molecule has 20 heavy (non-hydrogen) atoms. The number of nitrogens with two attached hydrogens (primary N) is 2. The topological polar surface area (TPSA) is 117 Å². The summed E-state index contributed by atoms with van der Waals surface area (Å²) in [7, 11) is 3.75. The van der Waals surface area contributed by atoms with Crippen LogP contribution in [0, 0.1) is 0 Å². The molecular weight excluding hydrogens is 262 g/mol. The predicted octanol–water partition coefficient (Wildman–Crippen LogP) is -0.103. The molecule has 0 aromatic carbocycles. The van der Waals surface area contributed by atoms with Gasteiger partial charge in [-0.1, -0.05) is 6.58 Å². The maximum atomic E-state index is 11.4. The highest BCUT2D eigenvalue weighted by Gasteiger charge is 2.38. The van der Waals surface area contributed by atoms with Crippen LogP contribution in [-0.2, 0) is 19.1 Å². The van der Waals surface area contributed by atoms with Crippen molar-refractivity contribution in [2.75, 3.05) is 20.7 Å². The summed E-state index contributed by atoms with van der Waals surface area (Å²) in [4.78, 5) is 22.6. The Morgan fingerprint density at radius 3 is 2.15 bits per heavy atom. The molecule has 0 heterocycles. The van der Waals surface area contributed by atoms with Crippen LogP contribution < -0.4 is 16.8 Å². The number of nitrogens with one attached hydrogen (secondary N) is 1. The Morgan fingerprint density at radius 2 is 1.85 bits per heavy atom. The van der Waals surface area contributed by atoms with Gasteiger partial charge in [-0.05, 0) is 34.9 Å². The monoisotopic (exact) mass is 289 g/mol. The Kier molecular flexibility index (Phi) is 10.8. The number of rotatable bonds is 7. The number of amides is 1. The molecule has 0 aliphatic rings. The minimum Gasteiger partial charge on any atom is -0.431 e. The second-order valence-electron chi connectivity index (χ2n) is 4.39. The summed E-state index contributed by atoms with van der Waals surface area (Å²) in [5.74, 6) is -1.67. The van der Waals surface area contributed by atoms with Crippen LogP contribution in [0.3, 0.4) is 0 Å². The first-order valence-corrected chi connectivity index (χ1v) is 6.32. The fourth-order valence-electron chi connectivity index (χ4n) is 1.22. The summed E-state index contributed by atoms with van der Waals surface area (Å²) < 4.78 is 10.1. The maximum Gasteiger partial charge on any atom is 0.335 e. The van der Waals surface area contributed by atoms with E-state index in [0.29, 0.717) is 6.61 Å². The van der Waals surface area contributed by atoms with Crippen molar-refractivity contribution in [1.29, 1.82) is 0 Å². The Morgan fingerprint density at radius 1 is 1.40 bits per heavy atom. The van der Waals surface area contributed by atoms with Gasteiger partial charge >= 0.3 is 5.97 Å². The first-order valence-electron chi connectivity index (χ1n) is 6.32. The summed E-state index contributed by atoms with van der Waals surface area (Å²) in [5, 5.41) is 2.75. The van der Waals surface area contributed by atoms with Crippen molar-refractivity contribution >= 4 is 11.9 Å². The molecule has 0 aliphatic heterocycles.